The van der Waals surface area contributed by atoms with Crippen molar-refractivity contribution < 1.29 is 9.90 Å². The molecule has 2 rings (SSSR count). The van der Waals surface area contributed by atoms with E-state index >= 15 is 0 Å². The van der Waals surface area contributed by atoms with Crippen LogP contribution in [0.4, 0.5) is 5.95 Å². The molecule has 2 unspecified atom stereocenters. The van der Waals surface area contributed by atoms with Gasteiger partial charge in [-0.3, -0.25) is 0 Å². The van der Waals surface area contributed by atoms with Crippen molar-refractivity contribution in [3.05, 3.63) is 11.4 Å². The zero-order chi connectivity index (χ0) is 15.5. The second-order valence-corrected chi connectivity index (χ2v) is 5.95. The van der Waals surface area contributed by atoms with E-state index in [1.165, 1.54) is 0 Å². The highest BCUT2D eigenvalue weighted by Crippen LogP contribution is 2.34. The highest BCUT2D eigenvalue weighted by molar-refractivity contribution is 5.82. The Morgan fingerprint density at radius 1 is 1.33 bits per heavy atom. The zero-order valence-electron chi connectivity index (χ0n) is 13.0. The largest absolute Gasteiger partial charge is 0.480 e. The number of aromatic nitrogens is 3. The van der Waals surface area contributed by atoms with Gasteiger partial charge in [-0.15, -0.1) is 5.10 Å². The zero-order valence-corrected chi connectivity index (χ0v) is 13.0. The summed E-state index contributed by atoms with van der Waals surface area (Å²) in [7, 11) is 0. The Labute approximate surface area is 125 Å². The minimum Gasteiger partial charge on any atom is -0.480 e. The first-order chi connectivity index (χ1) is 10.0. The van der Waals surface area contributed by atoms with Gasteiger partial charge in [-0.1, -0.05) is 33.6 Å². The molecule has 2 atom stereocenters. The minimum absolute atomic E-state index is 0.334. The van der Waals surface area contributed by atoms with E-state index < -0.39 is 11.5 Å². The van der Waals surface area contributed by atoms with Crippen LogP contribution in [-0.4, -0.2) is 31.8 Å². The molecule has 116 valence electrons. The molecule has 0 aromatic carbocycles. The number of nitrogens with zero attached hydrogens (tertiary/aromatic N) is 3. The second-order valence-electron chi connectivity index (χ2n) is 5.95. The molecule has 0 saturated heterocycles. The van der Waals surface area contributed by atoms with Crippen LogP contribution in [0.2, 0.25) is 0 Å². The summed E-state index contributed by atoms with van der Waals surface area (Å²) >= 11 is 0. The van der Waals surface area contributed by atoms with Crippen LogP contribution in [0.15, 0.2) is 0 Å². The Bertz CT molecular complexity index is 520. The summed E-state index contributed by atoms with van der Waals surface area (Å²) in [6, 6.07) is 0. The number of aliphatic carboxylic acids is 1. The number of aryl methyl sites for hydroxylation is 2. The number of hydrogen-bond donors (Lipinski definition) is 2. The number of hydrogen-bond acceptors (Lipinski definition) is 5. The van der Waals surface area contributed by atoms with E-state index in [1.807, 2.05) is 13.8 Å². The molecule has 1 heterocycles. The summed E-state index contributed by atoms with van der Waals surface area (Å²) in [6.07, 6.45) is 4.73. The fraction of sp³-hybridized carbons (Fsp3) is 0.733. The van der Waals surface area contributed by atoms with Gasteiger partial charge in [0.25, 0.3) is 0 Å². The van der Waals surface area contributed by atoms with Crippen molar-refractivity contribution >= 4 is 11.9 Å². The molecule has 1 aliphatic carbocycles. The van der Waals surface area contributed by atoms with Gasteiger partial charge < -0.3 is 10.4 Å². The predicted molar refractivity (Wildman–Crippen MR) is 80.2 cm³/mol. The minimum atomic E-state index is -0.960. The standard InChI is InChI=1S/C15H24N4O2/c1-4-11-12(5-2)18-19-14(16-11)17-15(13(20)21)8-6-7-10(3)9-15/h10H,4-9H2,1-3H3,(H,20,21)(H,16,17,19). The van der Waals surface area contributed by atoms with Crippen LogP contribution in [0.25, 0.3) is 0 Å². The summed E-state index contributed by atoms with van der Waals surface area (Å²) < 4.78 is 0. The predicted octanol–water partition coefficient (Wildman–Crippen LogP) is 2.44. The average Bonchev–Trinajstić information content (AvgIpc) is 2.47. The quantitative estimate of drug-likeness (QED) is 0.866. The monoisotopic (exact) mass is 292 g/mol. The number of anilines is 1. The lowest BCUT2D eigenvalue weighted by molar-refractivity contribution is -0.144. The number of nitrogens with one attached hydrogen (secondary N) is 1. The first kappa shape index (κ1) is 15.7. The second kappa shape index (κ2) is 6.37. The van der Waals surface area contributed by atoms with Crippen LogP contribution >= 0.6 is 0 Å². The maximum Gasteiger partial charge on any atom is 0.329 e. The van der Waals surface area contributed by atoms with Crippen LogP contribution in [0.5, 0.6) is 0 Å². The summed E-state index contributed by atoms with van der Waals surface area (Å²) in [4.78, 5) is 16.2. The Morgan fingerprint density at radius 2 is 2.05 bits per heavy atom. The van der Waals surface area contributed by atoms with Gasteiger partial charge in [-0.25, -0.2) is 9.78 Å². The van der Waals surface area contributed by atoms with E-state index in [1.54, 1.807) is 0 Å². The van der Waals surface area contributed by atoms with E-state index in [0.717, 1.165) is 37.1 Å². The van der Waals surface area contributed by atoms with E-state index in [4.69, 9.17) is 0 Å². The molecule has 1 aromatic heterocycles. The van der Waals surface area contributed by atoms with Crippen LogP contribution in [0.3, 0.4) is 0 Å². The summed E-state index contributed by atoms with van der Waals surface area (Å²) in [6.45, 7) is 6.12. The number of carboxylic acid groups (broad SMARTS) is 1. The average molecular weight is 292 g/mol. The molecule has 0 amide bonds. The first-order valence-electron chi connectivity index (χ1n) is 7.74. The SMILES string of the molecule is CCc1nnc(NC2(C(=O)O)CCCC(C)C2)nc1CC. The first-order valence-corrected chi connectivity index (χ1v) is 7.74. The normalized spacial score (nSPS) is 25.6. The van der Waals surface area contributed by atoms with Gasteiger partial charge in [0.15, 0.2) is 0 Å². The third-order valence-corrected chi connectivity index (χ3v) is 4.27. The molecule has 21 heavy (non-hydrogen) atoms. The van der Waals surface area contributed by atoms with Crippen molar-refractivity contribution in [3.8, 4) is 0 Å². The summed E-state index contributed by atoms with van der Waals surface area (Å²) in [5.41, 5.74) is 0.807. The molecule has 1 aliphatic rings. The van der Waals surface area contributed by atoms with Crippen LogP contribution < -0.4 is 5.32 Å². The lowest BCUT2D eigenvalue weighted by Crippen LogP contribution is -2.50. The fourth-order valence-corrected chi connectivity index (χ4v) is 3.12. The lowest BCUT2D eigenvalue weighted by atomic mass is 9.76. The molecule has 1 aromatic rings. The summed E-state index contributed by atoms with van der Waals surface area (Å²) in [5, 5.41) is 21.0. The topological polar surface area (TPSA) is 88.0 Å². The molecule has 1 saturated carbocycles. The van der Waals surface area contributed by atoms with Gasteiger partial charge in [0, 0.05) is 0 Å². The van der Waals surface area contributed by atoms with Crippen LogP contribution in [0.1, 0.15) is 57.8 Å². The number of carbonyl (C=O) groups is 1. The maximum atomic E-state index is 11.8. The highest BCUT2D eigenvalue weighted by atomic mass is 16.4. The van der Waals surface area contributed by atoms with Crippen LogP contribution in [-0.2, 0) is 17.6 Å². The maximum absolute atomic E-state index is 11.8. The Kier molecular flexibility index (Phi) is 4.75. The van der Waals surface area contributed by atoms with Crippen molar-refractivity contribution in [1.29, 1.82) is 0 Å². The number of carboxylic acids is 1. The number of rotatable bonds is 5. The fourth-order valence-electron chi connectivity index (χ4n) is 3.12. The van der Waals surface area contributed by atoms with E-state index in [2.05, 4.69) is 27.4 Å². The van der Waals surface area contributed by atoms with Gasteiger partial charge in [0.05, 0.1) is 11.4 Å². The van der Waals surface area contributed by atoms with Crippen LogP contribution in [0, 0.1) is 5.92 Å². The van der Waals surface area contributed by atoms with E-state index in [0.29, 0.717) is 24.7 Å². The highest BCUT2D eigenvalue weighted by Gasteiger charge is 2.42. The molecule has 0 bridgehead atoms. The van der Waals surface area contributed by atoms with Crippen molar-refractivity contribution in [2.75, 3.05) is 5.32 Å². The Balaban J connectivity index is 2.27. The smallest absolute Gasteiger partial charge is 0.329 e. The van der Waals surface area contributed by atoms with Gasteiger partial charge in [-0.05, 0) is 31.6 Å². The molecule has 1 fully saturated rings. The Morgan fingerprint density at radius 3 is 2.62 bits per heavy atom. The molecule has 6 nitrogen and oxygen atoms in total. The third kappa shape index (κ3) is 3.31. The van der Waals surface area contributed by atoms with Crippen molar-refractivity contribution in [2.24, 2.45) is 5.92 Å². The molecule has 0 radical (unpaired) electrons. The van der Waals surface area contributed by atoms with Gasteiger partial charge in [0.1, 0.15) is 5.54 Å². The molecular formula is C15H24N4O2. The lowest BCUT2D eigenvalue weighted by Gasteiger charge is -2.36. The summed E-state index contributed by atoms with van der Waals surface area (Å²) in [5.74, 6) is -0.105. The third-order valence-electron chi connectivity index (χ3n) is 4.27. The van der Waals surface area contributed by atoms with E-state index in [9.17, 15) is 9.90 Å². The molecule has 6 heteroatoms. The molecular weight excluding hydrogens is 268 g/mol. The molecule has 0 aliphatic heterocycles. The van der Waals surface area contributed by atoms with Gasteiger partial charge >= 0.3 is 5.97 Å². The van der Waals surface area contributed by atoms with E-state index in [-0.39, 0.29) is 0 Å². The molecule has 0 spiro atoms. The Hall–Kier alpha value is -1.72. The van der Waals surface area contributed by atoms with Gasteiger partial charge in [-0.2, -0.15) is 5.10 Å². The van der Waals surface area contributed by atoms with Crippen molar-refractivity contribution in [1.82, 2.24) is 15.2 Å². The molecule has 2 N–H and O–H groups in total. The van der Waals surface area contributed by atoms with Crippen molar-refractivity contribution in [2.45, 2.75) is 64.8 Å². The van der Waals surface area contributed by atoms with Crippen molar-refractivity contribution in [3.63, 3.8) is 0 Å². The van der Waals surface area contributed by atoms with Gasteiger partial charge in [0.2, 0.25) is 5.95 Å².